The molecule has 156 valence electrons. The van der Waals surface area contributed by atoms with E-state index in [2.05, 4.69) is 10.1 Å². The van der Waals surface area contributed by atoms with Crippen LogP contribution in [0, 0.1) is 0 Å². The lowest BCUT2D eigenvalue weighted by Crippen LogP contribution is -2.24. The number of esters is 2. The van der Waals surface area contributed by atoms with Crippen molar-refractivity contribution in [1.29, 1.82) is 0 Å². The van der Waals surface area contributed by atoms with Crippen molar-refractivity contribution in [2.75, 3.05) is 12.4 Å². The number of benzene rings is 2. The van der Waals surface area contributed by atoms with Crippen molar-refractivity contribution in [3.05, 3.63) is 64.1 Å². The normalized spacial score (nSPS) is 10.8. The zero-order valence-corrected chi connectivity index (χ0v) is 16.6. The van der Waals surface area contributed by atoms with Crippen LogP contribution in [0.15, 0.2) is 51.7 Å². The molecule has 1 heterocycles. The van der Waals surface area contributed by atoms with Crippen LogP contribution in [0.25, 0.3) is 11.1 Å². The fraction of sp³-hybridized carbons (Fsp3) is 0.238. The number of carbonyl (C=O) groups is 3. The van der Waals surface area contributed by atoms with Crippen LogP contribution in [0.4, 0.5) is 5.69 Å². The number of anilines is 1. The lowest BCUT2D eigenvalue weighted by molar-refractivity contribution is -0.116. The fourth-order valence-electron chi connectivity index (χ4n) is 2.78. The highest BCUT2D eigenvalue weighted by Gasteiger charge is 2.16. The number of rotatable bonds is 6. The summed E-state index contributed by atoms with van der Waals surface area (Å²) in [6, 6.07) is 10.6. The molecule has 0 saturated heterocycles. The summed E-state index contributed by atoms with van der Waals surface area (Å²) in [6.45, 7) is 3.22. The van der Waals surface area contributed by atoms with Gasteiger partial charge in [0.05, 0.1) is 29.9 Å². The van der Waals surface area contributed by atoms with E-state index in [1.54, 1.807) is 26.0 Å². The van der Waals surface area contributed by atoms with E-state index in [-0.39, 0.29) is 23.8 Å². The smallest absolute Gasteiger partial charge is 0.420 e. The second-order valence-corrected chi connectivity index (χ2v) is 6.71. The maximum Gasteiger partial charge on any atom is 0.420 e. The van der Waals surface area contributed by atoms with Crippen molar-refractivity contribution in [3.63, 3.8) is 0 Å². The summed E-state index contributed by atoms with van der Waals surface area (Å²) in [7, 11) is 1.25. The van der Waals surface area contributed by atoms with Crippen LogP contribution in [0.2, 0.25) is 0 Å². The van der Waals surface area contributed by atoms with Gasteiger partial charge < -0.3 is 19.2 Å². The highest BCUT2D eigenvalue weighted by molar-refractivity contribution is 5.95. The first-order valence-electron chi connectivity index (χ1n) is 9.11. The third-order valence-electron chi connectivity index (χ3n) is 4.14. The van der Waals surface area contributed by atoms with Gasteiger partial charge in [0.15, 0.2) is 5.58 Å². The first-order chi connectivity index (χ1) is 14.3. The SMILES string of the molecule is COC(=O)c1ccc2c(c1)oc(=O)n2CC(=O)Nc1ccc(C(=O)OC(C)C)cc1. The molecule has 0 spiro atoms. The zero-order valence-electron chi connectivity index (χ0n) is 16.6. The van der Waals surface area contributed by atoms with Gasteiger partial charge in [-0.05, 0) is 56.3 Å². The molecule has 0 aliphatic rings. The van der Waals surface area contributed by atoms with Crippen LogP contribution >= 0.6 is 0 Å². The topological polar surface area (TPSA) is 117 Å². The predicted molar refractivity (Wildman–Crippen MR) is 107 cm³/mol. The minimum absolute atomic E-state index is 0.170. The van der Waals surface area contributed by atoms with Crippen LogP contribution < -0.4 is 11.1 Å². The van der Waals surface area contributed by atoms with Gasteiger partial charge in [0.2, 0.25) is 5.91 Å². The molecule has 0 aliphatic heterocycles. The maximum absolute atomic E-state index is 12.4. The van der Waals surface area contributed by atoms with E-state index in [9.17, 15) is 19.2 Å². The molecule has 0 aliphatic carbocycles. The van der Waals surface area contributed by atoms with Crippen molar-refractivity contribution >= 4 is 34.6 Å². The summed E-state index contributed by atoms with van der Waals surface area (Å²) in [5, 5.41) is 2.65. The summed E-state index contributed by atoms with van der Waals surface area (Å²) in [6.07, 6.45) is -0.233. The zero-order chi connectivity index (χ0) is 21.8. The average molecular weight is 412 g/mol. The molecule has 3 rings (SSSR count). The summed E-state index contributed by atoms with van der Waals surface area (Å²) in [5.74, 6) is -2.21. The first kappa shape index (κ1) is 20.8. The molecule has 3 aromatic rings. The average Bonchev–Trinajstić information content (AvgIpc) is 3.01. The van der Waals surface area contributed by atoms with Crippen molar-refractivity contribution in [3.8, 4) is 0 Å². The number of methoxy groups -OCH3 is 1. The molecule has 2 aromatic carbocycles. The number of ether oxygens (including phenoxy) is 2. The maximum atomic E-state index is 12.4. The van der Waals surface area contributed by atoms with Gasteiger partial charge in [-0.15, -0.1) is 0 Å². The number of hydrogen-bond acceptors (Lipinski definition) is 7. The summed E-state index contributed by atoms with van der Waals surface area (Å²) in [5.41, 5.74) is 1.58. The minimum Gasteiger partial charge on any atom is -0.465 e. The Hall–Kier alpha value is -3.88. The van der Waals surface area contributed by atoms with E-state index < -0.39 is 23.6 Å². The molecular weight excluding hydrogens is 392 g/mol. The Labute approximate surface area is 171 Å². The van der Waals surface area contributed by atoms with E-state index in [1.807, 2.05) is 0 Å². The van der Waals surface area contributed by atoms with Gasteiger partial charge in [-0.25, -0.2) is 14.4 Å². The fourth-order valence-corrected chi connectivity index (χ4v) is 2.78. The number of amides is 1. The second kappa shape index (κ2) is 8.64. The Morgan fingerprint density at radius 1 is 1.03 bits per heavy atom. The minimum atomic E-state index is -0.728. The monoisotopic (exact) mass is 412 g/mol. The highest BCUT2D eigenvalue weighted by Crippen LogP contribution is 2.16. The largest absolute Gasteiger partial charge is 0.465 e. The molecule has 0 fully saturated rings. The van der Waals surface area contributed by atoms with Gasteiger partial charge in [0.1, 0.15) is 6.54 Å². The molecule has 0 atom stereocenters. The Morgan fingerprint density at radius 2 is 1.70 bits per heavy atom. The van der Waals surface area contributed by atoms with E-state index in [0.717, 1.165) is 4.57 Å². The van der Waals surface area contributed by atoms with Gasteiger partial charge in [0, 0.05) is 5.69 Å². The van der Waals surface area contributed by atoms with Crippen LogP contribution in [-0.2, 0) is 20.8 Å². The summed E-state index contributed by atoms with van der Waals surface area (Å²) in [4.78, 5) is 48.0. The van der Waals surface area contributed by atoms with E-state index >= 15 is 0 Å². The van der Waals surface area contributed by atoms with Crippen molar-refractivity contribution in [1.82, 2.24) is 4.57 Å². The van der Waals surface area contributed by atoms with Crippen LogP contribution in [0.3, 0.4) is 0 Å². The van der Waals surface area contributed by atoms with E-state index in [0.29, 0.717) is 16.8 Å². The molecule has 0 radical (unpaired) electrons. The molecule has 9 heteroatoms. The predicted octanol–water partition coefficient (Wildman–Crippen LogP) is 2.59. The Kier molecular flexibility index (Phi) is 6.01. The summed E-state index contributed by atoms with van der Waals surface area (Å²) >= 11 is 0. The molecule has 1 N–H and O–H groups in total. The number of aromatic nitrogens is 1. The third-order valence-corrected chi connectivity index (χ3v) is 4.14. The van der Waals surface area contributed by atoms with E-state index in [4.69, 9.17) is 9.15 Å². The Morgan fingerprint density at radius 3 is 2.33 bits per heavy atom. The number of oxazole rings is 1. The molecule has 0 bridgehead atoms. The van der Waals surface area contributed by atoms with Gasteiger partial charge in [0.25, 0.3) is 0 Å². The van der Waals surface area contributed by atoms with Gasteiger partial charge in [-0.1, -0.05) is 0 Å². The number of fused-ring (bicyclic) bond motifs is 1. The van der Waals surface area contributed by atoms with Crippen LogP contribution in [-0.4, -0.2) is 35.6 Å². The van der Waals surface area contributed by atoms with Gasteiger partial charge in [-0.2, -0.15) is 0 Å². The molecule has 1 aromatic heterocycles. The standard InChI is InChI=1S/C21H20N2O7/c1-12(2)29-20(26)13-4-7-15(8-5-13)22-18(24)11-23-16-9-6-14(19(25)28-3)10-17(16)30-21(23)27/h4-10,12H,11H2,1-3H3,(H,22,24). The highest BCUT2D eigenvalue weighted by atomic mass is 16.5. The van der Waals surface area contributed by atoms with Crippen LogP contribution in [0.1, 0.15) is 34.6 Å². The lowest BCUT2D eigenvalue weighted by atomic mass is 10.2. The lowest BCUT2D eigenvalue weighted by Gasteiger charge is -2.09. The number of nitrogens with zero attached hydrogens (tertiary/aromatic N) is 1. The van der Waals surface area contributed by atoms with Crippen molar-refractivity contribution < 1.29 is 28.3 Å². The molecule has 0 unspecified atom stereocenters. The van der Waals surface area contributed by atoms with Gasteiger partial charge >= 0.3 is 17.7 Å². The van der Waals surface area contributed by atoms with E-state index in [1.165, 1.54) is 37.4 Å². The van der Waals surface area contributed by atoms with Crippen molar-refractivity contribution in [2.45, 2.75) is 26.5 Å². The van der Waals surface area contributed by atoms with Crippen LogP contribution in [0.5, 0.6) is 0 Å². The van der Waals surface area contributed by atoms with Crippen molar-refractivity contribution in [2.24, 2.45) is 0 Å². The summed E-state index contributed by atoms with van der Waals surface area (Å²) < 4.78 is 16.0. The number of hydrogen-bond donors (Lipinski definition) is 1. The Bertz CT molecular complexity index is 1160. The second-order valence-electron chi connectivity index (χ2n) is 6.71. The number of carbonyl (C=O) groups excluding carboxylic acids is 3. The number of nitrogens with one attached hydrogen (secondary N) is 1. The quantitative estimate of drug-likeness (QED) is 0.619. The molecule has 30 heavy (non-hydrogen) atoms. The molecule has 0 saturated carbocycles. The Balaban J connectivity index is 1.72. The molecule has 9 nitrogen and oxygen atoms in total. The third kappa shape index (κ3) is 4.57. The molecule has 1 amide bonds. The first-order valence-corrected chi connectivity index (χ1v) is 9.11. The molecular formula is C21H20N2O7. The van der Waals surface area contributed by atoms with Gasteiger partial charge in [-0.3, -0.25) is 9.36 Å².